The van der Waals surface area contributed by atoms with E-state index >= 15 is 0 Å². The molecule has 1 saturated heterocycles. The minimum atomic E-state index is -0.504. The lowest BCUT2D eigenvalue weighted by atomic mass is 10.2. The highest BCUT2D eigenvalue weighted by molar-refractivity contribution is 5.69. The van der Waals surface area contributed by atoms with Crippen LogP contribution in [-0.2, 0) is 4.74 Å². The van der Waals surface area contributed by atoms with Crippen molar-refractivity contribution < 1.29 is 19.0 Å². The zero-order valence-electron chi connectivity index (χ0n) is 13.7. The minimum absolute atomic E-state index is 0.0589. The van der Waals surface area contributed by atoms with E-state index in [-0.39, 0.29) is 18.2 Å². The first-order valence-electron chi connectivity index (χ1n) is 7.31. The van der Waals surface area contributed by atoms with Gasteiger partial charge in [-0.3, -0.25) is 0 Å². The third kappa shape index (κ3) is 4.22. The first-order chi connectivity index (χ1) is 10.3. The van der Waals surface area contributed by atoms with Gasteiger partial charge in [0.15, 0.2) is 0 Å². The molecule has 0 aromatic carbocycles. The monoisotopic (exact) mass is 312 g/mol. The number of nitrogens with zero attached hydrogens (tertiary/aromatic N) is 3. The summed E-state index contributed by atoms with van der Waals surface area (Å²) in [6.07, 6.45) is 1.68. The summed E-state index contributed by atoms with van der Waals surface area (Å²) in [6.45, 7) is 8.02. The van der Waals surface area contributed by atoms with Gasteiger partial charge < -0.3 is 19.1 Å². The van der Waals surface area contributed by atoms with Gasteiger partial charge in [-0.1, -0.05) is 0 Å². The summed E-state index contributed by atoms with van der Waals surface area (Å²) in [6, 6.07) is 1.68. The standard InChI is InChI=1S/C15H23N3O4/c1-10-6-11(8-18(10)14(19)22-15(2,3)4)21-13-7-12(20-5)16-9-17-13/h7,9-11H,6,8H2,1-5H3/t10-,11+/m0/s1/i7+1,12+1,13+1. The fourth-order valence-corrected chi connectivity index (χ4v) is 2.31. The molecule has 122 valence electrons. The number of carbonyl (C=O) groups is 1. The van der Waals surface area contributed by atoms with Gasteiger partial charge in [0.25, 0.3) is 0 Å². The summed E-state index contributed by atoms with van der Waals surface area (Å²) in [7, 11) is 1.54. The molecule has 1 aromatic rings. The minimum Gasteiger partial charge on any atom is -0.481 e. The van der Waals surface area contributed by atoms with Crippen molar-refractivity contribution in [2.45, 2.75) is 51.9 Å². The average molecular weight is 312 g/mol. The zero-order chi connectivity index (χ0) is 16.3. The van der Waals surface area contributed by atoms with Crippen LogP contribution in [0.15, 0.2) is 12.4 Å². The van der Waals surface area contributed by atoms with E-state index < -0.39 is 5.60 Å². The Kier molecular flexibility index (Phi) is 4.73. The second kappa shape index (κ2) is 6.37. The molecule has 0 saturated carbocycles. The number of rotatable bonds is 3. The lowest BCUT2D eigenvalue weighted by molar-refractivity contribution is 0.0223. The summed E-state index contributed by atoms with van der Waals surface area (Å²) in [5.74, 6) is 0.884. The Balaban J connectivity index is 1.97. The number of hydrogen-bond acceptors (Lipinski definition) is 6. The molecule has 1 aliphatic heterocycles. The maximum absolute atomic E-state index is 12.2. The molecule has 0 N–H and O–H groups in total. The van der Waals surface area contributed by atoms with Gasteiger partial charge in [-0.15, -0.1) is 0 Å². The molecule has 1 fully saturated rings. The Bertz CT molecular complexity index is 530. The largest absolute Gasteiger partial charge is 0.481 e. The molecule has 22 heavy (non-hydrogen) atoms. The fraction of sp³-hybridized carbons (Fsp3) is 0.667. The second-order valence-corrected chi connectivity index (χ2v) is 6.36. The van der Waals surface area contributed by atoms with Gasteiger partial charge in [0, 0.05) is 12.5 Å². The third-order valence-corrected chi connectivity index (χ3v) is 3.28. The van der Waals surface area contributed by atoms with Crippen molar-refractivity contribution in [1.29, 1.82) is 0 Å². The summed E-state index contributed by atoms with van der Waals surface area (Å²) >= 11 is 0. The van der Waals surface area contributed by atoms with Crippen LogP contribution in [0.2, 0.25) is 0 Å². The topological polar surface area (TPSA) is 73.8 Å². The summed E-state index contributed by atoms with van der Waals surface area (Å²) in [4.78, 5) is 21.9. The Morgan fingerprint density at radius 3 is 2.64 bits per heavy atom. The summed E-state index contributed by atoms with van der Waals surface area (Å²) in [5.41, 5.74) is -0.504. The fourth-order valence-electron chi connectivity index (χ4n) is 2.31. The van der Waals surface area contributed by atoms with E-state index in [1.54, 1.807) is 11.0 Å². The van der Waals surface area contributed by atoms with Crippen molar-refractivity contribution in [2.24, 2.45) is 0 Å². The van der Waals surface area contributed by atoms with Crippen LogP contribution in [0.5, 0.6) is 11.8 Å². The molecule has 0 radical (unpaired) electrons. The van der Waals surface area contributed by atoms with Crippen molar-refractivity contribution >= 4 is 6.09 Å². The maximum Gasteiger partial charge on any atom is 0.410 e. The number of likely N-dealkylation sites (tertiary alicyclic amines) is 1. The number of carbonyl (C=O) groups excluding carboxylic acids is 1. The average Bonchev–Trinajstić information content (AvgIpc) is 2.78. The van der Waals surface area contributed by atoms with E-state index in [9.17, 15) is 4.79 Å². The number of hydrogen-bond donors (Lipinski definition) is 0. The van der Waals surface area contributed by atoms with Crippen LogP contribution in [0, 0.1) is 0 Å². The molecule has 0 bridgehead atoms. The van der Waals surface area contributed by atoms with Crippen LogP contribution in [0.4, 0.5) is 4.79 Å². The molecule has 7 heteroatoms. The van der Waals surface area contributed by atoms with Gasteiger partial charge in [-0.2, -0.15) is 0 Å². The van der Waals surface area contributed by atoms with E-state index in [1.165, 1.54) is 13.4 Å². The van der Waals surface area contributed by atoms with Crippen LogP contribution in [0.25, 0.3) is 0 Å². The van der Waals surface area contributed by atoms with Crippen molar-refractivity contribution in [2.75, 3.05) is 13.7 Å². The Morgan fingerprint density at radius 2 is 2.00 bits per heavy atom. The van der Waals surface area contributed by atoms with Crippen LogP contribution >= 0.6 is 0 Å². The van der Waals surface area contributed by atoms with Crippen LogP contribution in [0.1, 0.15) is 34.1 Å². The smallest absolute Gasteiger partial charge is 0.410 e. The number of ether oxygens (including phenoxy) is 3. The molecule has 1 aromatic heterocycles. The highest BCUT2D eigenvalue weighted by atomic mass is 16.6. The molecule has 2 atom stereocenters. The third-order valence-electron chi connectivity index (χ3n) is 3.28. The molecule has 7 nitrogen and oxygen atoms in total. The van der Waals surface area contributed by atoms with Gasteiger partial charge in [0.1, 0.15) is 18.0 Å². The van der Waals surface area contributed by atoms with Crippen LogP contribution in [0.3, 0.4) is 0 Å². The van der Waals surface area contributed by atoms with Crippen molar-refractivity contribution in [1.82, 2.24) is 14.9 Å². The van der Waals surface area contributed by atoms with E-state index in [4.69, 9.17) is 14.2 Å². The van der Waals surface area contributed by atoms with Crippen molar-refractivity contribution in [3.05, 3.63) is 12.4 Å². The van der Waals surface area contributed by atoms with E-state index in [1.807, 2.05) is 27.7 Å². The molecule has 0 aliphatic carbocycles. The Morgan fingerprint density at radius 1 is 1.32 bits per heavy atom. The normalized spacial score (nSPS) is 21.6. The van der Waals surface area contributed by atoms with E-state index in [0.717, 1.165) is 6.42 Å². The van der Waals surface area contributed by atoms with Crippen molar-refractivity contribution in [3.63, 3.8) is 0 Å². The summed E-state index contributed by atoms with van der Waals surface area (Å²) < 4.78 is 16.3. The van der Waals surface area contributed by atoms with Gasteiger partial charge in [-0.25, -0.2) is 14.8 Å². The second-order valence-electron chi connectivity index (χ2n) is 6.36. The predicted molar refractivity (Wildman–Crippen MR) is 80.0 cm³/mol. The quantitative estimate of drug-likeness (QED) is 0.852. The SMILES string of the molecule is CO[13c]1[13cH][13c](O[C@@H]2C[C@H](C)N(C(=O)OC(C)(C)C)C2)ncn1. The van der Waals surface area contributed by atoms with Gasteiger partial charge in [0.2, 0.25) is 11.8 Å². The molecule has 1 amide bonds. The number of amides is 1. The van der Waals surface area contributed by atoms with Gasteiger partial charge in [-0.05, 0) is 27.7 Å². The highest BCUT2D eigenvalue weighted by Crippen LogP contribution is 2.24. The molecule has 0 unspecified atom stereocenters. The van der Waals surface area contributed by atoms with Crippen molar-refractivity contribution in [3.8, 4) is 11.8 Å². The molecule has 2 rings (SSSR count). The molecular weight excluding hydrogens is 289 g/mol. The Hall–Kier alpha value is -2.05. The highest BCUT2D eigenvalue weighted by Gasteiger charge is 2.36. The number of methoxy groups -OCH3 is 1. The Labute approximate surface area is 130 Å². The molecular formula is C15H23N3O4. The number of aromatic nitrogens is 2. The first kappa shape index (κ1) is 16.3. The summed E-state index contributed by atoms with van der Waals surface area (Å²) in [5, 5.41) is 0. The van der Waals surface area contributed by atoms with Crippen LogP contribution in [-0.4, -0.2) is 52.4 Å². The zero-order valence-corrected chi connectivity index (χ0v) is 13.7. The lowest BCUT2D eigenvalue weighted by Crippen LogP contribution is -2.39. The maximum atomic E-state index is 12.2. The molecule has 0 spiro atoms. The van der Waals surface area contributed by atoms with E-state index in [2.05, 4.69) is 9.97 Å². The first-order valence-corrected chi connectivity index (χ1v) is 7.31. The van der Waals surface area contributed by atoms with Gasteiger partial charge >= 0.3 is 6.09 Å². The van der Waals surface area contributed by atoms with Crippen LogP contribution < -0.4 is 9.47 Å². The van der Waals surface area contributed by atoms with E-state index in [0.29, 0.717) is 18.3 Å². The predicted octanol–water partition coefficient (Wildman–Crippen LogP) is 2.26. The molecule has 1 aliphatic rings. The lowest BCUT2D eigenvalue weighted by Gasteiger charge is -2.26. The molecule has 2 heterocycles. The van der Waals surface area contributed by atoms with Gasteiger partial charge in [0.05, 0.1) is 19.7 Å².